The zero-order chi connectivity index (χ0) is 13.7. The van der Waals surface area contributed by atoms with Gasteiger partial charge in [-0.25, -0.2) is 4.39 Å². The van der Waals surface area contributed by atoms with E-state index in [1.54, 1.807) is 30.3 Å². The largest absolute Gasteiger partial charge is 0.489 e. The van der Waals surface area contributed by atoms with E-state index in [0.29, 0.717) is 16.3 Å². The Morgan fingerprint density at radius 3 is 2.58 bits per heavy atom. The predicted octanol–water partition coefficient (Wildman–Crippen LogP) is 3.87. The van der Waals surface area contributed by atoms with Gasteiger partial charge in [0.15, 0.2) is 0 Å². The second kappa shape index (κ2) is 6.20. The molecule has 5 heteroatoms. The molecule has 0 aliphatic carbocycles. The van der Waals surface area contributed by atoms with Crippen LogP contribution < -0.4 is 4.74 Å². The third kappa shape index (κ3) is 3.69. The number of rotatable bonds is 4. The van der Waals surface area contributed by atoms with E-state index in [-0.39, 0.29) is 12.4 Å². The van der Waals surface area contributed by atoms with Crippen molar-refractivity contribution in [3.05, 3.63) is 64.4 Å². The van der Waals surface area contributed by atoms with E-state index in [1.165, 1.54) is 18.3 Å². The molecule has 0 bridgehead atoms. The summed E-state index contributed by atoms with van der Waals surface area (Å²) < 4.78 is 18.4. The molecule has 0 spiro atoms. The predicted molar refractivity (Wildman–Crippen MR) is 71.6 cm³/mol. The maximum Gasteiger partial charge on any atom is 0.124 e. The van der Waals surface area contributed by atoms with Gasteiger partial charge in [-0.15, -0.1) is 0 Å². The Morgan fingerprint density at radius 1 is 1.21 bits per heavy atom. The molecule has 0 atom stereocenters. The Balaban J connectivity index is 2.02. The van der Waals surface area contributed by atoms with Gasteiger partial charge in [-0.1, -0.05) is 22.8 Å². The van der Waals surface area contributed by atoms with Crippen LogP contribution in [0, 0.1) is 5.82 Å². The quantitative estimate of drug-likeness (QED) is 0.524. The van der Waals surface area contributed by atoms with Crippen molar-refractivity contribution in [1.29, 1.82) is 0 Å². The maximum atomic E-state index is 12.9. The maximum absolute atomic E-state index is 12.9. The van der Waals surface area contributed by atoms with Gasteiger partial charge in [-0.2, -0.15) is 0 Å². The molecular formula is C14H11ClFNO2. The van der Waals surface area contributed by atoms with Gasteiger partial charge in [0, 0.05) is 5.56 Å². The molecule has 0 fully saturated rings. The molecule has 2 aromatic carbocycles. The number of hydrogen-bond donors (Lipinski definition) is 1. The SMILES string of the molecule is O/N=C\c1ccc(OCc2ccc(F)cc2Cl)cc1. The first-order valence-corrected chi connectivity index (χ1v) is 5.91. The Labute approximate surface area is 114 Å². The fourth-order valence-corrected chi connectivity index (χ4v) is 1.74. The number of oxime groups is 1. The van der Waals surface area contributed by atoms with Crippen LogP contribution in [0.3, 0.4) is 0 Å². The fraction of sp³-hybridized carbons (Fsp3) is 0.0714. The highest BCUT2D eigenvalue weighted by Gasteiger charge is 2.03. The van der Waals surface area contributed by atoms with Crippen molar-refractivity contribution in [2.75, 3.05) is 0 Å². The van der Waals surface area contributed by atoms with Gasteiger partial charge in [-0.3, -0.25) is 0 Å². The molecule has 0 aliphatic rings. The smallest absolute Gasteiger partial charge is 0.124 e. The summed E-state index contributed by atoms with van der Waals surface area (Å²) in [7, 11) is 0. The lowest BCUT2D eigenvalue weighted by atomic mass is 10.2. The lowest BCUT2D eigenvalue weighted by Gasteiger charge is -2.08. The topological polar surface area (TPSA) is 41.8 Å². The minimum absolute atomic E-state index is 0.256. The number of ether oxygens (including phenoxy) is 1. The molecule has 0 heterocycles. The summed E-state index contributed by atoms with van der Waals surface area (Å²) >= 11 is 5.90. The summed E-state index contributed by atoms with van der Waals surface area (Å²) in [6.45, 7) is 0.256. The van der Waals surface area contributed by atoms with Crippen LogP contribution in [0.5, 0.6) is 5.75 Å². The van der Waals surface area contributed by atoms with Gasteiger partial charge in [-0.05, 0) is 42.0 Å². The van der Waals surface area contributed by atoms with Crippen molar-refractivity contribution in [2.24, 2.45) is 5.16 Å². The Hall–Kier alpha value is -2.07. The summed E-state index contributed by atoms with van der Waals surface area (Å²) in [6, 6.07) is 11.2. The van der Waals surface area contributed by atoms with Crippen LogP contribution in [-0.4, -0.2) is 11.4 Å². The van der Waals surface area contributed by atoms with Crippen molar-refractivity contribution in [3.63, 3.8) is 0 Å². The molecule has 1 N–H and O–H groups in total. The van der Waals surface area contributed by atoms with E-state index in [2.05, 4.69) is 5.16 Å². The van der Waals surface area contributed by atoms with Crippen LogP contribution >= 0.6 is 11.6 Å². The average molecular weight is 280 g/mol. The number of hydrogen-bond acceptors (Lipinski definition) is 3. The van der Waals surface area contributed by atoms with Gasteiger partial charge < -0.3 is 9.94 Å². The molecule has 0 aliphatic heterocycles. The summed E-state index contributed by atoms with van der Waals surface area (Å²) in [5, 5.41) is 11.7. The molecule has 0 amide bonds. The fourth-order valence-electron chi connectivity index (χ4n) is 1.52. The molecule has 0 saturated carbocycles. The van der Waals surface area contributed by atoms with Crippen LogP contribution in [0.2, 0.25) is 5.02 Å². The Morgan fingerprint density at radius 2 is 1.95 bits per heavy atom. The van der Waals surface area contributed by atoms with Crippen molar-refractivity contribution < 1.29 is 14.3 Å². The molecule has 0 saturated heterocycles. The highest BCUT2D eigenvalue weighted by atomic mass is 35.5. The zero-order valence-electron chi connectivity index (χ0n) is 9.88. The first-order valence-electron chi connectivity index (χ1n) is 5.53. The molecule has 0 aromatic heterocycles. The van der Waals surface area contributed by atoms with Crippen molar-refractivity contribution in [3.8, 4) is 5.75 Å². The highest BCUT2D eigenvalue weighted by molar-refractivity contribution is 6.31. The molecule has 0 unspecified atom stereocenters. The lowest BCUT2D eigenvalue weighted by Crippen LogP contribution is -1.97. The second-order valence-electron chi connectivity index (χ2n) is 3.84. The normalized spacial score (nSPS) is 10.8. The summed E-state index contributed by atoms with van der Waals surface area (Å²) in [5.74, 6) is 0.275. The molecular weight excluding hydrogens is 269 g/mol. The lowest BCUT2D eigenvalue weighted by molar-refractivity contribution is 0.306. The second-order valence-corrected chi connectivity index (χ2v) is 4.25. The van der Waals surface area contributed by atoms with E-state index < -0.39 is 0 Å². The van der Waals surface area contributed by atoms with Gasteiger partial charge in [0.2, 0.25) is 0 Å². The van der Waals surface area contributed by atoms with E-state index >= 15 is 0 Å². The summed E-state index contributed by atoms with van der Waals surface area (Å²) in [6.07, 6.45) is 1.32. The van der Waals surface area contributed by atoms with E-state index in [4.69, 9.17) is 21.5 Å². The average Bonchev–Trinajstić information content (AvgIpc) is 2.40. The van der Waals surface area contributed by atoms with Crippen LogP contribution in [0.4, 0.5) is 4.39 Å². The van der Waals surface area contributed by atoms with E-state index in [9.17, 15) is 4.39 Å². The minimum Gasteiger partial charge on any atom is -0.489 e. The Kier molecular flexibility index (Phi) is 4.36. The van der Waals surface area contributed by atoms with E-state index in [1.807, 2.05) is 0 Å². The van der Waals surface area contributed by atoms with Crippen molar-refractivity contribution in [1.82, 2.24) is 0 Å². The molecule has 3 nitrogen and oxygen atoms in total. The van der Waals surface area contributed by atoms with Crippen LogP contribution in [-0.2, 0) is 6.61 Å². The molecule has 0 radical (unpaired) electrons. The van der Waals surface area contributed by atoms with E-state index in [0.717, 1.165) is 5.56 Å². The van der Waals surface area contributed by atoms with Crippen LogP contribution in [0.1, 0.15) is 11.1 Å². The molecule has 2 aromatic rings. The Bertz CT molecular complexity index is 584. The van der Waals surface area contributed by atoms with Gasteiger partial charge in [0.25, 0.3) is 0 Å². The third-order valence-corrected chi connectivity index (χ3v) is 2.85. The monoisotopic (exact) mass is 279 g/mol. The number of nitrogens with zero attached hydrogens (tertiary/aromatic N) is 1. The minimum atomic E-state index is -0.374. The van der Waals surface area contributed by atoms with Gasteiger partial charge >= 0.3 is 0 Å². The van der Waals surface area contributed by atoms with Gasteiger partial charge in [0.1, 0.15) is 18.2 Å². The zero-order valence-corrected chi connectivity index (χ0v) is 10.6. The highest BCUT2D eigenvalue weighted by Crippen LogP contribution is 2.20. The molecule has 2 rings (SSSR count). The van der Waals surface area contributed by atoms with Crippen molar-refractivity contribution >= 4 is 17.8 Å². The number of benzene rings is 2. The van der Waals surface area contributed by atoms with Crippen LogP contribution in [0.15, 0.2) is 47.6 Å². The van der Waals surface area contributed by atoms with Crippen molar-refractivity contribution in [2.45, 2.75) is 6.61 Å². The third-order valence-electron chi connectivity index (χ3n) is 2.50. The summed E-state index contributed by atoms with van der Waals surface area (Å²) in [4.78, 5) is 0. The standard InChI is InChI=1S/C14H11ClFNO2/c15-14-7-12(16)4-3-11(14)9-19-13-5-1-10(2-6-13)8-17-18/h1-8,18H,9H2/b17-8-. The molecule has 98 valence electrons. The van der Waals surface area contributed by atoms with Crippen LogP contribution in [0.25, 0.3) is 0 Å². The first kappa shape index (κ1) is 13.4. The van der Waals surface area contributed by atoms with Gasteiger partial charge in [0.05, 0.1) is 11.2 Å². The number of halogens is 2. The molecule has 19 heavy (non-hydrogen) atoms. The first-order chi connectivity index (χ1) is 9.19. The summed E-state index contributed by atoms with van der Waals surface area (Å²) in [5.41, 5.74) is 1.47.